The summed E-state index contributed by atoms with van der Waals surface area (Å²) in [6.07, 6.45) is 1.73. The first-order valence-electron chi connectivity index (χ1n) is 6.42. The number of nitrogens with zero attached hydrogens (tertiary/aromatic N) is 1. The molecule has 1 amide bonds. The molecule has 1 aliphatic carbocycles. The van der Waals surface area contributed by atoms with E-state index in [1.54, 1.807) is 0 Å². The van der Waals surface area contributed by atoms with Crippen LogP contribution in [0.2, 0.25) is 0 Å². The molecule has 19 heavy (non-hydrogen) atoms. The van der Waals surface area contributed by atoms with Crippen molar-refractivity contribution in [1.29, 1.82) is 0 Å². The van der Waals surface area contributed by atoms with E-state index in [1.165, 1.54) is 4.90 Å². The number of para-hydroxylation sites is 1. The highest BCUT2D eigenvalue weighted by atomic mass is 16.5. The molecule has 0 spiro atoms. The van der Waals surface area contributed by atoms with E-state index in [4.69, 9.17) is 9.84 Å². The van der Waals surface area contributed by atoms with E-state index < -0.39 is 12.1 Å². The zero-order valence-electron chi connectivity index (χ0n) is 10.4. The molecule has 1 saturated carbocycles. The topological polar surface area (TPSA) is 66.8 Å². The molecule has 3 rings (SSSR count). The van der Waals surface area contributed by atoms with E-state index in [-0.39, 0.29) is 18.5 Å². The Hall–Kier alpha value is -2.04. The minimum atomic E-state index is -0.976. The van der Waals surface area contributed by atoms with Crippen LogP contribution in [-0.2, 0) is 16.0 Å². The summed E-state index contributed by atoms with van der Waals surface area (Å²) in [5, 5.41) is 8.89. The molecule has 1 heterocycles. The van der Waals surface area contributed by atoms with Crippen LogP contribution < -0.4 is 4.74 Å². The average molecular weight is 261 g/mol. The second-order valence-corrected chi connectivity index (χ2v) is 5.01. The van der Waals surface area contributed by atoms with Gasteiger partial charge in [0.15, 0.2) is 6.10 Å². The van der Waals surface area contributed by atoms with Crippen molar-refractivity contribution in [2.24, 2.45) is 0 Å². The molecule has 1 aromatic rings. The summed E-state index contributed by atoms with van der Waals surface area (Å²) >= 11 is 0. The fourth-order valence-corrected chi connectivity index (χ4v) is 2.42. The highest BCUT2D eigenvalue weighted by Crippen LogP contribution is 2.32. The molecule has 5 nitrogen and oxygen atoms in total. The molecule has 1 atom stereocenters. The number of carbonyl (C=O) groups excluding carboxylic acids is 1. The number of aliphatic carboxylic acids is 1. The Bertz CT molecular complexity index is 499. The zero-order chi connectivity index (χ0) is 13.4. The zero-order valence-corrected chi connectivity index (χ0v) is 10.4. The first kappa shape index (κ1) is 12.0. The predicted molar refractivity (Wildman–Crippen MR) is 66.9 cm³/mol. The van der Waals surface area contributed by atoms with Crippen molar-refractivity contribution in [1.82, 2.24) is 4.90 Å². The fraction of sp³-hybridized carbons (Fsp3) is 0.429. The molecule has 1 aliphatic heterocycles. The number of ether oxygens (including phenoxy) is 1. The van der Waals surface area contributed by atoms with E-state index in [0.717, 1.165) is 24.2 Å². The Balaban J connectivity index is 1.72. The van der Waals surface area contributed by atoms with Crippen LogP contribution in [0.15, 0.2) is 24.3 Å². The smallest absolute Gasteiger partial charge is 0.323 e. The third-order valence-electron chi connectivity index (χ3n) is 3.50. The van der Waals surface area contributed by atoms with Gasteiger partial charge in [0.1, 0.15) is 12.3 Å². The lowest BCUT2D eigenvalue weighted by Crippen LogP contribution is -2.45. The molecule has 100 valence electrons. The molecule has 1 unspecified atom stereocenters. The SMILES string of the molecule is O=C(O)CN(C(=O)C1Cc2ccccc2O1)C1CC1. The van der Waals surface area contributed by atoms with Gasteiger partial charge in [-0.15, -0.1) is 0 Å². The van der Waals surface area contributed by atoms with Crippen LogP contribution in [0.3, 0.4) is 0 Å². The van der Waals surface area contributed by atoms with E-state index in [0.29, 0.717) is 6.42 Å². The maximum atomic E-state index is 12.4. The third kappa shape index (κ3) is 2.41. The summed E-state index contributed by atoms with van der Waals surface area (Å²) in [6, 6.07) is 7.62. The molecule has 0 radical (unpaired) electrons. The van der Waals surface area contributed by atoms with Crippen molar-refractivity contribution in [3.8, 4) is 5.75 Å². The van der Waals surface area contributed by atoms with Crippen molar-refractivity contribution < 1.29 is 19.4 Å². The van der Waals surface area contributed by atoms with E-state index >= 15 is 0 Å². The lowest BCUT2D eigenvalue weighted by molar-refractivity contribution is -0.148. The molecule has 5 heteroatoms. The maximum absolute atomic E-state index is 12.4. The van der Waals surface area contributed by atoms with E-state index in [9.17, 15) is 9.59 Å². The van der Waals surface area contributed by atoms with Crippen molar-refractivity contribution in [2.45, 2.75) is 31.4 Å². The van der Waals surface area contributed by atoms with Gasteiger partial charge in [0.2, 0.25) is 0 Å². The normalized spacial score (nSPS) is 20.5. The van der Waals surface area contributed by atoms with Gasteiger partial charge in [-0.05, 0) is 24.5 Å². The lowest BCUT2D eigenvalue weighted by atomic mass is 10.1. The van der Waals surface area contributed by atoms with Crippen molar-refractivity contribution in [3.63, 3.8) is 0 Å². The van der Waals surface area contributed by atoms with Gasteiger partial charge >= 0.3 is 5.97 Å². The Morgan fingerprint density at radius 2 is 2.05 bits per heavy atom. The van der Waals surface area contributed by atoms with Gasteiger partial charge in [-0.3, -0.25) is 9.59 Å². The van der Waals surface area contributed by atoms with Crippen molar-refractivity contribution in [3.05, 3.63) is 29.8 Å². The van der Waals surface area contributed by atoms with Crippen LogP contribution in [0.4, 0.5) is 0 Å². The van der Waals surface area contributed by atoms with Crippen LogP contribution in [0.25, 0.3) is 0 Å². The molecule has 1 fully saturated rings. The summed E-state index contributed by atoms with van der Waals surface area (Å²) in [6.45, 7) is -0.236. The van der Waals surface area contributed by atoms with Gasteiger partial charge in [0, 0.05) is 12.5 Å². The molecular weight excluding hydrogens is 246 g/mol. The second kappa shape index (κ2) is 4.57. The lowest BCUT2D eigenvalue weighted by Gasteiger charge is -2.23. The number of carboxylic acids is 1. The standard InChI is InChI=1S/C14H15NO4/c16-13(17)8-15(10-5-6-10)14(18)12-7-9-3-1-2-4-11(9)19-12/h1-4,10,12H,5-8H2,(H,16,17). The number of fused-ring (bicyclic) bond motifs is 1. The molecule has 1 aromatic carbocycles. The fourth-order valence-electron chi connectivity index (χ4n) is 2.42. The predicted octanol–water partition coefficient (Wildman–Crippen LogP) is 1.07. The minimum Gasteiger partial charge on any atom is -0.480 e. The van der Waals surface area contributed by atoms with Gasteiger partial charge in [-0.25, -0.2) is 0 Å². The van der Waals surface area contributed by atoms with Crippen molar-refractivity contribution in [2.75, 3.05) is 6.54 Å². The second-order valence-electron chi connectivity index (χ2n) is 5.01. The van der Waals surface area contributed by atoms with Gasteiger partial charge < -0.3 is 14.7 Å². The summed E-state index contributed by atoms with van der Waals surface area (Å²) in [4.78, 5) is 24.7. The van der Waals surface area contributed by atoms with Gasteiger partial charge in [0.25, 0.3) is 5.91 Å². The molecule has 1 N–H and O–H groups in total. The summed E-state index contributed by atoms with van der Waals surface area (Å²) in [7, 11) is 0. The number of hydrogen-bond acceptors (Lipinski definition) is 3. The Labute approximate surface area is 110 Å². The number of amides is 1. The summed E-state index contributed by atoms with van der Waals surface area (Å²) in [5.74, 6) is -0.455. The Morgan fingerprint density at radius 3 is 2.68 bits per heavy atom. The monoisotopic (exact) mass is 261 g/mol. The highest BCUT2D eigenvalue weighted by Gasteiger charge is 2.39. The maximum Gasteiger partial charge on any atom is 0.323 e. The quantitative estimate of drug-likeness (QED) is 0.880. The number of carbonyl (C=O) groups is 2. The Morgan fingerprint density at radius 1 is 1.32 bits per heavy atom. The number of rotatable bonds is 4. The molecule has 0 saturated heterocycles. The van der Waals surface area contributed by atoms with E-state index in [1.807, 2.05) is 24.3 Å². The largest absolute Gasteiger partial charge is 0.480 e. The molecule has 2 aliphatic rings. The van der Waals surface area contributed by atoms with Crippen LogP contribution in [0, 0.1) is 0 Å². The van der Waals surface area contributed by atoms with Gasteiger partial charge in [-0.2, -0.15) is 0 Å². The highest BCUT2D eigenvalue weighted by molar-refractivity contribution is 5.86. The van der Waals surface area contributed by atoms with E-state index in [2.05, 4.69) is 0 Å². The number of carboxylic acid groups (broad SMARTS) is 1. The third-order valence-corrected chi connectivity index (χ3v) is 3.50. The van der Waals surface area contributed by atoms with Gasteiger partial charge in [-0.1, -0.05) is 18.2 Å². The molecule has 0 aromatic heterocycles. The van der Waals surface area contributed by atoms with Gasteiger partial charge in [0.05, 0.1) is 0 Å². The minimum absolute atomic E-state index is 0.0795. The molecule has 0 bridgehead atoms. The first-order chi connectivity index (χ1) is 9.15. The summed E-state index contributed by atoms with van der Waals surface area (Å²) in [5.41, 5.74) is 1.01. The van der Waals surface area contributed by atoms with Crippen LogP contribution in [0.1, 0.15) is 18.4 Å². The van der Waals surface area contributed by atoms with Crippen LogP contribution >= 0.6 is 0 Å². The Kier molecular flexibility index (Phi) is 2.89. The van der Waals surface area contributed by atoms with Crippen molar-refractivity contribution >= 4 is 11.9 Å². The number of hydrogen-bond donors (Lipinski definition) is 1. The molecular formula is C14H15NO4. The first-order valence-corrected chi connectivity index (χ1v) is 6.42. The average Bonchev–Trinajstić information content (AvgIpc) is 3.13. The van der Waals surface area contributed by atoms with Crippen LogP contribution in [-0.4, -0.2) is 40.6 Å². The van der Waals surface area contributed by atoms with Crippen LogP contribution in [0.5, 0.6) is 5.75 Å². The summed E-state index contributed by atoms with van der Waals surface area (Å²) < 4.78 is 5.63. The number of benzene rings is 1.